The topological polar surface area (TPSA) is 41.6 Å². The average Bonchev–Trinajstić information content (AvgIpc) is 2.65. The largest absolute Gasteiger partial charge is 0.481 e. The van der Waals surface area contributed by atoms with E-state index in [1.54, 1.807) is 0 Å². The molecule has 1 amide bonds. The SMILES string of the molecule is C[C@@H](Oc1ccc2c(c1)CCCC2)C(=O)NCCCN1CCCCC1. The summed E-state index contributed by atoms with van der Waals surface area (Å²) >= 11 is 0. The van der Waals surface area contributed by atoms with Crippen molar-refractivity contribution in [1.29, 1.82) is 0 Å². The highest BCUT2D eigenvalue weighted by Crippen LogP contribution is 2.25. The number of nitrogens with one attached hydrogen (secondary N) is 1. The van der Waals surface area contributed by atoms with Crippen LogP contribution in [0, 0.1) is 0 Å². The summed E-state index contributed by atoms with van der Waals surface area (Å²) in [5.41, 5.74) is 2.83. The molecule has 0 bridgehead atoms. The molecule has 0 spiro atoms. The molecule has 1 saturated heterocycles. The van der Waals surface area contributed by atoms with Crippen LogP contribution in [0.1, 0.15) is 56.6 Å². The highest BCUT2D eigenvalue weighted by Gasteiger charge is 2.16. The molecular formula is C21H32N2O2. The Morgan fingerprint density at radius 3 is 2.68 bits per heavy atom. The summed E-state index contributed by atoms with van der Waals surface area (Å²) in [5, 5.41) is 3.01. The second kappa shape index (κ2) is 9.23. The number of fused-ring (bicyclic) bond motifs is 1. The quantitative estimate of drug-likeness (QED) is 0.772. The molecule has 2 aliphatic rings. The predicted octanol–water partition coefficient (Wildman–Crippen LogP) is 3.32. The minimum absolute atomic E-state index is 0.0173. The summed E-state index contributed by atoms with van der Waals surface area (Å²) in [7, 11) is 0. The van der Waals surface area contributed by atoms with Crippen LogP contribution in [0.4, 0.5) is 0 Å². The Hall–Kier alpha value is -1.55. The Balaban J connectivity index is 1.38. The third-order valence-corrected chi connectivity index (χ3v) is 5.40. The minimum Gasteiger partial charge on any atom is -0.481 e. The number of carbonyl (C=O) groups excluding carboxylic acids is 1. The van der Waals surface area contributed by atoms with Crippen LogP contribution in [0.2, 0.25) is 0 Å². The van der Waals surface area contributed by atoms with Crippen molar-refractivity contribution in [2.24, 2.45) is 0 Å². The lowest BCUT2D eigenvalue weighted by Crippen LogP contribution is -2.38. The van der Waals surface area contributed by atoms with Gasteiger partial charge in [-0.2, -0.15) is 0 Å². The Labute approximate surface area is 151 Å². The predicted molar refractivity (Wildman–Crippen MR) is 101 cm³/mol. The molecule has 1 N–H and O–H groups in total. The van der Waals surface area contributed by atoms with Crippen molar-refractivity contribution in [3.63, 3.8) is 0 Å². The van der Waals surface area contributed by atoms with Crippen LogP contribution in [-0.4, -0.2) is 43.1 Å². The summed E-state index contributed by atoms with van der Waals surface area (Å²) in [4.78, 5) is 14.7. The average molecular weight is 344 g/mol. The highest BCUT2D eigenvalue weighted by atomic mass is 16.5. The number of piperidine rings is 1. The molecule has 1 aromatic rings. The monoisotopic (exact) mass is 344 g/mol. The van der Waals surface area contributed by atoms with Crippen LogP contribution < -0.4 is 10.1 Å². The lowest BCUT2D eigenvalue weighted by atomic mass is 9.92. The normalized spacial score (nSPS) is 19.1. The number of amides is 1. The van der Waals surface area contributed by atoms with Crippen molar-refractivity contribution in [1.82, 2.24) is 10.2 Å². The molecule has 1 atom stereocenters. The molecule has 0 saturated carbocycles. The zero-order chi connectivity index (χ0) is 17.5. The number of aryl methyl sites for hydroxylation is 2. The van der Waals surface area contributed by atoms with Gasteiger partial charge in [-0.15, -0.1) is 0 Å². The molecule has 1 aromatic carbocycles. The van der Waals surface area contributed by atoms with Gasteiger partial charge in [0.15, 0.2) is 6.10 Å². The summed E-state index contributed by atoms with van der Waals surface area (Å²) in [6.45, 7) is 6.07. The third-order valence-electron chi connectivity index (χ3n) is 5.40. The molecule has 3 rings (SSSR count). The fraction of sp³-hybridized carbons (Fsp3) is 0.667. The van der Waals surface area contributed by atoms with E-state index in [1.807, 2.05) is 13.0 Å². The van der Waals surface area contributed by atoms with Crippen LogP contribution in [-0.2, 0) is 17.6 Å². The van der Waals surface area contributed by atoms with E-state index in [-0.39, 0.29) is 5.91 Å². The molecule has 1 aliphatic heterocycles. The van der Waals surface area contributed by atoms with Crippen molar-refractivity contribution in [2.75, 3.05) is 26.2 Å². The van der Waals surface area contributed by atoms with Gasteiger partial charge in [-0.1, -0.05) is 12.5 Å². The maximum atomic E-state index is 12.2. The maximum Gasteiger partial charge on any atom is 0.260 e. The molecule has 0 radical (unpaired) electrons. The summed E-state index contributed by atoms with van der Waals surface area (Å²) in [6, 6.07) is 6.28. The third kappa shape index (κ3) is 5.46. The lowest BCUT2D eigenvalue weighted by Gasteiger charge is -2.26. The Bertz CT molecular complexity index is 567. The Morgan fingerprint density at radius 1 is 1.12 bits per heavy atom. The van der Waals surface area contributed by atoms with Crippen LogP contribution in [0.5, 0.6) is 5.75 Å². The maximum absolute atomic E-state index is 12.2. The number of likely N-dealkylation sites (tertiary alicyclic amines) is 1. The van der Waals surface area contributed by atoms with E-state index in [0.717, 1.165) is 31.7 Å². The van der Waals surface area contributed by atoms with Crippen molar-refractivity contribution in [2.45, 2.75) is 64.4 Å². The molecule has 0 aromatic heterocycles. The van der Waals surface area contributed by atoms with E-state index in [4.69, 9.17) is 4.74 Å². The molecular weight excluding hydrogens is 312 g/mol. The van der Waals surface area contributed by atoms with Gasteiger partial charge < -0.3 is 15.0 Å². The fourth-order valence-electron chi connectivity index (χ4n) is 3.88. The molecule has 138 valence electrons. The molecule has 25 heavy (non-hydrogen) atoms. The molecule has 4 heteroatoms. The first-order valence-corrected chi connectivity index (χ1v) is 10.0. The van der Waals surface area contributed by atoms with Crippen molar-refractivity contribution in [3.8, 4) is 5.75 Å². The van der Waals surface area contributed by atoms with Gasteiger partial charge >= 0.3 is 0 Å². The second-order valence-electron chi connectivity index (χ2n) is 7.44. The number of nitrogens with zero attached hydrogens (tertiary/aromatic N) is 1. The Kier molecular flexibility index (Phi) is 6.74. The van der Waals surface area contributed by atoms with E-state index in [2.05, 4.69) is 22.3 Å². The Morgan fingerprint density at radius 2 is 1.88 bits per heavy atom. The van der Waals surface area contributed by atoms with Gasteiger partial charge in [0.25, 0.3) is 5.91 Å². The van der Waals surface area contributed by atoms with E-state index in [0.29, 0.717) is 0 Å². The van der Waals surface area contributed by atoms with Crippen LogP contribution >= 0.6 is 0 Å². The lowest BCUT2D eigenvalue weighted by molar-refractivity contribution is -0.127. The van der Waals surface area contributed by atoms with Crippen molar-refractivity contribution < 1.29 is 9.53 Å². The van der Waals surface area contributed by atoms with Crippen LogP contribution in [0.15, 0.2) is 18.2 Å². The molecule has 1 aliphatic carbocycles. The number of carbonyl (C=O) groups is 1. The molecule has 4 nitrogen and oxygen atoms in total. The number of rotatable bonds is 7. The van der Waals surface area contributed by atoms with Crippen molar-refractivity contribution in [3.05, 3.63) is 29.3 Å². The molecule has 1 fully saturated rings. The first-order chi connectivity index (χ1) is 12.2. The van der Waals surface area contributed by atoms with Crippen LogP contribution in [0.3, 0.4) is 0 Å². The zero-order valence-electron chi connectivity index (χ0n) is 15.6. The standard InChI is InChI=1S/C21H32N2O2/c1-17(21(24)22-12-7-15-23-13-5-2-6-14-23)25-20-11-10-18-8-3-4-9-19(18)16-20/h10-11,16-17H,2-9,12-15H2,1H3,(H,22,24)/t17-/m1/s1. The first-order valence-electron chi connectivity index (χ1n) is 10.0. The summed E-state index contributed by atoms with van der Waals surface area (Å²) < 4.78 is 5.87. The fourth-order valence-corrected chi connectivity index (χ4v) is 3.88. The van der Waals surface area contributed by atoms with Crippen molar-refractivity contribution >= 4 is 5.91 Å². The number of hydrogen-bond acceptors (Lipinski definition) is 3. The zero-order valence-corrected chi connectivity index (χ0v) is 15.6. The molecule has 0 unspecified atom stereocenters. The number of benzene rings is 1. The van der Waals surface area contributed by atoms with Gasteiger partial charge in [0.1, 0.15) is 5.75 Å². The minimum atomic E-state index is -0.448. The van der Waals surface area contributed by atoms with Gasteiger partial charge in [-0.3, -0.25) is 4.79 Å². The highest BCUT2D eigenvalue weighted by molar-refractivity contribution is 5.80. The number of hydrogen-bond donors (Lipinski definition) is 1. The second-order valence-corrected chi connectivity index (χ2v) is 7.44. The first kappa shape index (κ1) is 18.2. The van der Waals surface area contributed by atoms with E-state index < -0.39 is 6.10 Å². The van der Waals surface area contributed by atoms with Crippen LogP contribution in [0.25, 0.3) is 0 Å². The van der Waals surface area contributed by atoms with Gasteiger partial charge in [0, 0.05) is 6.54 Å². The molecule has 1 heterocycles. The van der Waals surface area contributed by atoms with E-state index in [1.165, 1.54) is 62.7 Å². The van der Waals surface area contributed by atoms with Gasteiger partial charge in [0.05, 0.1) is 0 Å². The summed E-state index contributed by atoms with van der Waals surface area (Å²) in [6.07, 6.45) is 9.40. The van der Waals surface area contributed by atoms with Gasteiger partial charge in [-0.25, -0.2) is 0 Å². The van der Waals surface area contributed by atoms with E-state index >= 15 is 0 Å². The smallest absolute Gasteiger partial charge is 0.260 e. The summed E-state index contributed by atoms with van der Waals surface area (Å²) in [5.74, 6) is 0.799. The number of ether oxygens (including phenoxy) is 1. The van der Waals surface area contributed by atoms with Gasteiger partial charge in [-0.05, 0) is 94.8 Å². The van der Waals surface area contributed by atoms with Gasteiger partial charge in [0.2, 0.25) is 0 Å². The van der Waals surface area contributed by atoms with E-state index in [9.17, 15) is 4.79 Å².